The van der Waals surface area contributed by atoms with Crippen molar-refractivity contribution < 1.29 is 36.8 Å². The predicted octanol–water partition coefficient (Wildman–Crippen LogP) is -3.90. The lowest BCUT2D eigenvalue weighted by Crippen LogP contribution is -2.63. The van der Waals surface area contributed by atoms with Gasteiger partial charge in [-0.15, -0.1) is 0 Å². The van der Waals surface area contributed by atoms with Gasteiger partial charge in [0.25, 0.3) is 0 Å². The van der Waals surface area contributed by atoms with E-state index in [9.17, 15) is 20.1 Å². The minimum atomic E-state index is -1.54. The second-order valence-electron chi connectivity index (χ2n) is 3.32. The van der Waals surface area contributed by atoms with Crippen molar-refractivity contribution in [3.63, 3.8) is 0 Å². The van der Waals surface area contributed by atoms with E-state index in [1.807, 2.05) is 0 Å². The van der Waals surface area contributed by atoms with Gasteiger partial charge in [0, 0.05) is 8.27 Å². The molecule has 16 heavy (non-hydrogen) atoms. The molecule has 0 aromatic heterocycles. The van der Waals surface area contributed by atoms with Crippen molar-refractivity contribution in [3.8, 4) is 0 Å². The van der Waals surface area contributed by atoms with Gasteiger partial charge in [0.05, 0.1) is 6.61 Å². The first kappa shape index (κ1) is 13.3. The monoisotopic (exact) mass is 240 g/mol. The highest BCUT2D eigenvalue weighted by atomic mass is 16.6. The van der Waals surface area contributed by atoms with Crippen molar-refractivity contribution in [2.75, 3.05) is 6.61 Å². The number of carbonyl (C=O) groups excluding carboxylic acids is 1. The third-order valence-electron chi connectivity index (χ3n) is 2.23. The van der Waals surface area contributed by atoms with Crippen LogP contribution in [0.25, 0.3) is 0 Å². The maximum absolute atomic E-state index is 10.9. The SMILES string of the molecule is O.[2H]CC(=O)N[C@H]1C(O)O[C@H](CO)[C@@H](O)[C@@H]1O. The molecule has 7 N–H and O–H groups in total. The van der Waals surface area contributed by atoms with Gasteiger partial charge >= 0.3 is 0 Å². The maximum Gasteiger partial charge on any atom is 0.217 e. The van der Waals surface area contributed by atoms with Crippen LogP contribution in [0, 0.1) is 0 Å². The van der Waals surface area contributed by atoms with Crippen LogP contribution < -0.4 is 5.32 Å². The average molecular weight is 240 g/mol. The Bertz CT molecular complexity index is 254. The fraction of sp³-hybridized carbons (Fsp3) is 0.875. The lowest BCUT2D eigenvalue weighted by Gasteiger charge is -2.40. The summed E-state index contributed by atoms with van der Waals surface area (Å²) < 4.78 is 11.6. The topological polar surface area (TPSA) is 151 Å². The Balaban J connectivity index is 0.00000256. The van der Waals surface area contributed by atoms with Gasteiger partial charge in [-0.05, 0) is 0 Å². The molecule has 8 heteroatoms. The van der Waals surface area contributed by atoms with E-state index in [4.69, 9.17) is 11.2 Å². The fourth-order valence-electron chi connectivity index (χ4n) is 1.44. The summed E-state index contributed by atoms with van der Waals surface area (Å²) in [5.74, 6) is -0.707. The number of amides is 1. The Morgan fingerprint density at radius 1 is 1.44 bits per heavy atom. The van der Waals surface area contributed by atoms with Gasteiger partial charge in [-0.2, -0.15) is 0 Å². The Hall–Kier alpha value is -0.770. The molecule has 1 amide bonds. The molecule has 5 atom stereocenters. The molecule has 0 aliphatic carbocycles. The van der Waals surface area contributed by atoms with Crippen molar-refractivity contribution in [3.05, 3.63) is 0 Å². The second-order valence-corrected chi connectivity index (χ2v) is 3.32. The molecule has 0 bridgehead atoms. The van der Waals surface area contributed by atoms with E-state index in [0.29, 0.717) is 0 Å². The van der Waals surface area contributed by atoms with Gasteiger partial charge in [-0.3, -0.25) is 4.79 Å². The van der Waals surface area contributed by atoms with Crippen LogP contribution in [-0.4, -0.2) is 69.1 Å². The molecule has 0 saturated carbocycles. The van der Waals surface area contributed by atoms with Crippen LogP contribution in [0.3, 0.4) is 0 Å². The first-order chi connectivity index (χ1) is 7.51. The molecule has 1 aliphatic rings. The van der Waals surface area contributed by atoms with E-state index >= 15 is 0 Å². The molecule has 1 unspecified atom stereocenters. The number of aliphatic hydroxyl groups excluding tert-OH is 4. The van der Waals surface area contributed by atoms with E-state index in [-0.39, 0.29) is 5.48 Å². The van der Waals surface area contributed by atoms with E-state index in [1.165, 1.54) is 0 Å². The third-order valence-corrected chi connectivity index (χ3v) is 2.23. The van der Waals surface area contributed by atoms with Gasteiger partial charge < -0.3 is 36.0 Å². The molecule has 1 aliphatic heterocycles. The highest BCUT2D eigenvalue weighted by Crippen LogP contribution is 2.19. The largest absolute Gasteiger partial charge is 0.412 e. The summed E-state index contributed by atoms with van der Waals surface area (Å²) in [4.78, 5) is 10.9. The maximum atomic E-state index is 10.9. The summed E-state index contributed by atoms with van der Waals surface area (Å²) in [6, 6.07) is -1.21. The zero-order valence-corrected chi connectivity index (χ0v) is 8.41. The summed E-state index contributed by atoms with van der Waals surface area (Å²) in [5, 5.41) is 39.4. The van der Waals surface area contributed by atoms with Crippen LogP contribution in [0.5, 0.6) is 0 Å². The van der Waals surface area contributed by atoms with Crippen LogP contribution in [0.1, 0.15) is 8.27 Å². The van der Waals surface area contributed by atoms with Crippen molar-refractivity contribution in [1.29, 1.82) is 0 Å². The number of nitrogens with one attached hydrogen (secondary N) is 1. The van der Waals surface area contributed by atoms with E-state index < -0.39 is 50.1 Å². The summed E-state index contributed by atoms with van der Waals surface area (Å²) >= 11 is 0. The molecule has 1 fully saturated rings. The summed E-state index contributed by atoms with van der Waals surface area (Å²) in [6.45, 7) is -1.12. The summed E-state index contributed by atoms with van der Waals surface area (Å²) in [6.07, 6.45) is -5.51. The van der Waals surface area contributed by atoms with Crippen LogP contribution in [0.2, 0.25) is 0 Å². The Morgan fingerprint density at radius 3 is 2.56 bits per heavy atom. The molecular formula is C8H17NO7. The normalized spacial score (nSPS) is 39.5. The zero-order valence-electron chi connectivity index (χ0n) is 9.41. The molecular weight excluding hydrogens is 222 g/mol. The number of carbonyl (C=O) groups is 1. The molecule has 0 radical (unpaired) electrons. The highest BCUT2D eigenvalue weighted by molar-refractivity contribution is 5.73. The van der Waals surface area contributed by atoms with Crippen LogP contribution in [0.15, 0.2) is 0 Å². The van der Waals surface area contributed by atoms with Gasteiger partial charge in [-0.25, -0.2) is 0 Å². The van der Waals surface area contributed by atoms with Crippen molar-refractivity contribution in [2.45, 2.75) is 37.5 Å². The first-order valence-electron chi connectivity index (χ1n) is 5.11. The molecule has 96 valence electrons. The number of ether oxygens (including phenoxy) is 1. The average Bonchev–Trinajstić information content (AvgIpc) is 2.28. The number of aliphatic hydroxyl groups is 4. The van der Waals surface area contributed by atoms with E-state index in [2.05, 4.69) is 5.32 Å². The minimum Gasteiger partial charge on any atom is -0.412 e. The number of rotatable bonds is 2. The standard InChI is InChI=1S/C8H15NO6.H2O/c1-3(11)9-5-7(13)6(12)4(2-10)15-8(5)14;/h4-8,10,12-14H,2H2,1H3,(H,9,11);1H2/t4-,5-,6-,7-,8?;/m1./s1/i1D;. The zero-order chi connectivity index (χ0) is 12.3. The number of hydrogen-bond donors (Lipinski definition) is 5. The fourth-order valence-corrected chi connectivity index (χ4v) is 1.44. The lowest BCUT2D eigenvalue weighted by atomic mass is 9.97. The van der Waals surface area contributed by atoms with Gasteiger partial charge in [0.15, 0.2) is 6.29 Å². The van der Waals surface area contributed by atoms with Crippen LogP contribution in [0.4, 0.5) is 0 Å². The van der Waals surface area contributed by atoms with E-state index in [1.54, 1.807) is 0 Å². The van der Waals surface area contributed by atoms with Crippen molar-refractivity contribution in [1.82, 2.24) is 5.32 Å². The Labute approximate surface area is 93.2 Å². The third kappa shape index (κ3) is 3.11. The molecule has 8 nitrogen and oxygen atoms in total. The highest BCUT2D eigenvalue weighted by Gasteiger charge is 2.43. The van der Waals surface area contributed by atoms with Gasteiger partial charge in [-0.1, -0.05) is 0 Å². The quantitative estimate of drug-likeness (QED) is 0.333. The molecule has 0 spiro atoms. The summed E-state index contributed by atoms with van der Waals surface area (Å²) in [5.41, 5.74) is 0. The molecule has 0 aromatic carbocycles. The number of hydrogen-bond acceptors (Lipinski definition) is 6. The molecule has 1 heterocycles. The van der Waals surface area contributed by atoms with Gasteiger partial charge in [0.1, 0.15) is 24.4 Å². The Kier molecular flexibility index (Phi) is 5.06. The predicted molar refractivity (Wildman–Crippen MR) is 51.2 cm³/mol. The molecule has 1 saturated heterocycles. The van der Waals surface area contributed by atoms with Crippen molar-refractivity contribution in [2.24, 2.45) is 0 Å². The Morgan fingerprint density at radius 2 is 2.06 bits per heavy atom. The van der Waals surface area contributed by atoms with Crippen molar-refractivity contribution >= 4 is 5.91 Å². The molecule has 0 aromatic rings. The lowest BCUT2D eigenvalue weighted by molar-refractivity contribution is -0.253. The smallest absolute Gasteiger partial charge is 0.217 e. The van der Waals surface area contributed by atoms with Crippen LogP contribution >= 0.6 is 0 Å². The van der Waals surface area contributed by atoms with Crippen LogP contribution in [-0.2, 0) is 9.53 Å². The first-order valence-corrected chi connectivity index (χ1v) is 4.40. The summed E-state index contributed by atoms with van der Waals surface area (Å²) in [7, 11) is 0. The molecule has 1 rings (SSSR count). The van der Waals surface area contributed by atoms with E-state index in [0.717, 1.165) is 0 Å². The second kappa shape index (κ2) is 6.09. The van der Waals surface area contributed by atoms with Gasteiger partial charge in [0.2, 0.25) is 5.91 Å². The minimum absolute atomic E-state index is 0.